The van der Waals surface area contributed by atoms with Crippen molar-refractivity contribution in [3.05, 3.63) is 48.5 Å². The van der Waals surface area contributed by atoms with Gasteiger partial charge in [-0.3, -0.25) is 0 Å². The quantitative estimate of drug-likeness (QED) is 0.0415. The van der Waals surface area contributed by atoms with E-state index in [1.807, 2.05) is 40.9 Å². The molecule has 0 unspecified atom stereocenters. The van der Waals surface area contributed by atoms with Gasteiger partial charge in [0.15, 0.2) is 0 Å². The van der Waals surface area contributed by atoms with E-state index in [2.05, 4.69) is 45.9 Å². The van der Waals surface area contributed by atoms with Gasteiger partial charge in [-0.2, -0.15) is 6.07 Å². The van der Waals surface area contributed by atoms with Gasteiger partial charge in [0.1, 0.15) is 0 Å². The molecule has 0 bridgehead atoms. The van der Waals surface area contributed by atoms with Gasteiger partial charge in [0, 0.05) is 17.1 Å². The van der Waals surface area contributed by atoms with Crippen LogP contribution in [0.3, 0.4) is 0 Å². The van der Waals surface area contributed by atoms with E-state index in [0.717, 1.165) is 0 Å². The number of hydrogen-bond donors (Lipinski definition) is 0. The van der Waals surface area contributed by atoms with Crippen molar-refractivity contribution < 1.29 is 17.1 Å². The Bertz CT molecular complexity index is 631. The minimum atomic E-state index is 0. The first kappa shape index (κ1) is 41.1. The summed E-state index contributed by atoms with van der Waals surface area (Å²) in [6.45, 7) is 9.36. The molecule has 2 aromatic carbocycles. The molecule has 0 N–H and O–H groups in total. The van der Waals surface area contributed by atoms with Crippen molar-refractivity contribution in [1.29, 1.82) is 0 Å². The van der Waals surface area contributed by atoms with Crippen molar-refractivity contribution >= 4 is 26.5 Å². The molecule has 0 fully saturated rings. The zero-order chi connectivity index (χ0) is 28.9. The molecule has 3 heteroatoms. The van der Waals surface area contributed by atoms with E-state index in [1.165, 1.54) is 153 Å². The average molecular weight is 643 g/mol. The van der Waals surface area contributed by atoms with Gasteiger partial charge in [-0.15, -0.1) is 26.5 Å². The zero-order valence-corrected chi connectivity index (χ0v) is 30.7. The average Bonchev–Trinajstić information content (AvgIpc) is 3.71. The molecule has 0 spiro atoms. The van der Waals surface area contributed by atoms with Crippen LogP contribution in [0, 0.1) is 0 Å². The standard InChI is InChI=1S/C33H63P2.C5H5.Fe/c1-5-9-13-17-21-28-34(29-22-18-14-10-6-2)32-26-25-27-33(32)35(30-23-19-15-11-7-3)31-24-20-16-12-8-4;1-2-4-5-3-1;/h25-27H,5-24,28-31H2,1-4H3;1-5H;/q-1;-5;. The topological polar surface area (TPSA) is 0 Å². The van der Waals surface area contributed by atoms with E-state index >= 15 is 0 Å². The molecule has 0 aliphatic heterocycles. The fraction of sp³-hybridized carbons (Fsp3) is 0.737. The predicted octanol–water partition coefficient (Wildman–Crippen LogP) is 12.9. The summed E-state index contributed by atoms with van der Waals surface area (Å²) in [6.07, 6.45) is 34.7. The summed E-state index contributed by atoms with van der Waals surface area (Å²) < 4.78 is 0. The Kier molecular flexibility index (Phi) is 31.6. The van der Waals surface area contributed by atoms with Crippen LogP contribution < -0.4 is 10.6 Å². The van der Waals surface area contributed by atoms with Gasteiger partial charge >= 0.3 is 0 Å². The molecule has 0 saturated heterocycles. The van der Waals surface area contributed by atoms with Gasteiger partial charge in [0.05, 0.1) is 0 Å². The second-order valence-corrected chi connectivity index (χ2v) is 16.8. The van der Waals surface area contributed by atoms with E-state index < -0.39 is 0 Å². The van der Waals surface area contributed by atoms with Gasteiger partial charge in [-0.25, -0.2) is 12.1 Å². The number of unbranched alkanes of at least 4 members (excludes halogenated alkanes) is 16. The van der Waals surface area contributed by atoms with Crippen LogP contribution in [0.25, 0.3) is 0 Å². The van der Waals surface area contributed by atoms with E-state index in [1.54, 1.807) is 0 Å². The number of rotatable bonds is 26. The van der Waals surface area contributed by atoms with E-state index in [9.17, 15) is 0 Å². The summed E-state index contributed by atoms with van der Waals surface area (Å²) in [5.74, 6) is 0. The zero-order valence-electron chi connectivity index (χ0n) is 27.8. The molecule has 0 atom stereocenters. The SMILES string of the molecule is CCCCCCCP(CCCCCCC)c1ccc[c-]1P(CCCCCCC)CCCCCCC.[Fe].[cH-]1[cH-][cH-][cH-][cH-]1. The van der Waals surface area contributed by atoms with Crippen molar-refractivity contribution in [3.63, 3.8) is 0 Å². The second-order valence-electron chi connectivity index (χ2n) is 11.9. The molecule has 0 nitrogen and oxygen atoms in total. The molecular weight excluding hydrogens is 574 g/mol. The van der Waals surface area contributed by atoms with Crippen LogP contribution in [-0.2, 0) is 17.1 Å². The molecule has 0 heterocycles. The Balaban J connectivity index is 0.00000239. The Hall–Kier alpha value is 0.0795. The molecule has 244 valence electrons. The molecule has 2 aromatic rings. The molecular formula is C38H68FeP2-6. The van der Waals surface area contributed by atoms with Gasteiger partial charge in [0.2, 0.25) is 0 Å². The van der Waals surface area contributed by atoms with Gasteiger partial charge < -0.3 is 30.3 Å². The van der Waals surface area contributed by atoms with Crippen molar-refractivity contribution in [3.8, 4) is 0 Å². The van der Waals surface area contributed by atoms with E-state index in [0.29, 0.717) is 0 Å². The minimum absolute atomic E-state index is 0. The fourth-order valence-corrected chi connectivity index (χ4v) is 11.7. The van der Waals surface area contributed by atoms with Crippen LogP contribution in [0.1, 0.15) is 156 Å². The normalized spacial score (nSPS) is 11.1. The molecule has 0 radical (unpaired) electrons. The van der Waals surface area contributed by atoms with Gasteiger partial charge in [-0.05, 0) is 50.3 Å². The summed E-state index contributed by atoms with van der Waals surface area (Å²) >= 11 is 0. The first-order valence-corrected chi connectivity index (χ1v) is 21.1. The third-order valence-electron chi connectivity index (χ3n) is 8.13. The monoisotopic (exact) mass is 642 g/mol. The second kappa shape index (κ2) is 31.5. The summed E-state index contributed by atoms with van der Waals surface area (Å²) in [5.41, 5.74) is 0. The fourth-order valence-electron chi connectivity index (χ4n) is 5.59. The molecule has 0 aliphatic carbocycles. The summed E-state index contributed by atoms with van der Waals surface area (Å²) in [7, 11) is 0.108. The maximum atomic E-state index is 2.59. The van der Waals surface area contributed by atoms with Crippen LogP contribution in [-0.4, -0.2) is 24.6 Å². The summed E-state index contributed by atoms with van der Waals surface area (Å²) in [4.78, 5) is 0. The Morgan fingerprint density at radius 2 is 0.829 bits per heavy atom. The van der Waals surface area contributed by atoms with Crippen LogP contribution >= 0.6 is 15.8 Å². The number of hydrogen-bond acceptors (Lipinski definition) is 0. The van der Waals surface area contributed by atoms with Crippen LogP contribution in [0.5, 0.6) is 0 Å². The maximum Gasteiger partial charge on any atom is 0 e. The molecule has 2 rings (SSSR count). The van der Waals surface area contributed by atoms with Crippen molar-refractivity contribution in [2.75, 3.05) is 24.6 Å². The van der Waals surface area contributed by atoms with Crippen molar-refractivity contribution in [2.45, 2.75) is 156 Å². The van der Waals surface area contributed by atoms with Crippen LogP contribution in [0.2, 0.25) is 0 Å². The van der Waals surface area contributed by atoms with Crippen LogP contribution in [0.15, 0.2) is 48.5 Å². The van der Waals surface area contributed by atoms with Gasteiger partial charge in [0.25, 0.3) is 0 Å². The first-order chi connectivity index (χ1) is 19.8. The van der Waals surface area contributed by atoms with Crippen molar-refractivity contribution in [1.82, 2.24) is 0 Å². The minimum Gasteiger partial charge on any atom is -0.748 e. The third kappa shape index (κ3) is 22.3. The van der Waals surface area contributed by atoms with E-state index in [-0.39, 0.29) is 32.9 Å². The smallest absolute Gasteiger partial charge is 0 e. The molecule has 0 aliphatic rings. The Morgan fingerprint density at radius 3 is 1.20 bits per heavy atom. The summed E-state index contributed by atoms with van der Waals surface area (Å²) in [6, 6.07) is 17.6. The largest absolute Gasteiger partial charge is 0.748 e. The van der Waals surface area contributed by atoms with Crippen molar-refractivity contribution in [2.24, 2.45) is 0 Å². The third-order valence-corrected chi connectivity index (χ3v) is 13.9. The molecule has 0 amide bonds. The summed E-state index contributed by atoms with van der Waals surface area (Å²) in [5, 5.41) is 3.72. The molecule has 41 heavy (non-hydrogen) atoms. The molecule has 0 aromatic heterocycles. The van der Waals surface area contributed by atoms with E-state index in [4.69, 9.17) is 0 Å². The van der Waals surface area contributed by atoms with Gasteiger partial charge in [-0.1, -0.05) is 130 Å². The Labute approximate surface area is 271 Å². The predicted molar refractivity (Wildman–Crippen MR) is 192 cm³/mol. The maximum absolute atomic E-state index is 2.59. The Morgan fingerprint density at radius 1 is 0.488 bits per heavy atom. The van der Waals surface area contributed by atoms with Crippen LogP contribution in [0.4, 0.5) is 0 Å². The first-order valence-electron chi connectivity index (χ1n) is 17.7. The molecule has 0 saturated carbocycles.